The van der Waals surface area contributed by atoms with Crippen LogP contribution in [0.3, 0.4) is 0 Å². The summed E-state index contributed by atoms with van der Waals surface area (Å²) in [5.41, 5.74) is -1.64. The van der Waals surface area contributed by atoms with Crippen LogP contribution in [0, 0.1) is 0 Å². The Labute approximate surface area is 176 Å². The number of nitrogens with one attached hydrogen (secondary N) is 1. The van der Waals surface area contributed by atoms with Crippen molar-refractivity contribution in [2.75, 3.05) is 20.2 Å². The molecule has 0 aliphatic carbocycles. The number of rotatable bonds is 3. The number of nitrogens with zero attached hydrogens (tertiary/aromatic N) is 2. The molecule has 2 heterocycles. The van der Waals surface area contributed by atoms with Crippen LogP contribution in [-0.4, -0.2) is 52.1 Å². The summed E-state index contributed by atoms with van der Waals surface area (Å²) in [6.45, 7) is 2.60. The lowest BCUT2D eigenvalue weighted by atomic mass is 9.80. The number of ether oxygens (including phenoxy) is 1. The molecule has 154 valence electrons. The van der Waals surface area contributed by atoms with Gasteiger partial charge in [0.05, 0.1) is 17.2 Å². The van der Waals surface area contributed by atoms with E-state index in [-0.39, 0.29) is 23.3 Å². The number of hydrogen-bond acceptors (Lipinski definition) is 6. The first-order chi connectivity index (χ1) is 13.7. The van der Waals surface area contributed by atoms with E-state index in [1.165, 1.54) is 6.07 Å². The zero-order chi connectivity index (χ0) is 21.3. The Morgan fingerprint density at radius 3 is 2.69 bits per heavy atom. The average molecular weight is 440 g/mol. The smallest absolute Gasteiger partial charge is 0.360 e. The number of hydrogen-bond donors (Lipinski definition) is 2. The summed E-state index contributed by atoms with van der Waals surface area (Å²) in [5.74, 6) is -1.75. The van der Waals surface area contributed by atoms with Gasteiger partial charge in [-0.25, -0.2) is 9.78 Å². The van der Waals surface area contributed by atoms with Crippen molar-refractivity contribution in [2.45, 2.75) is 25.2 Å². The molecule has 0 bridgehead atoms. The quantitative estimate of drug-likeness (QED) is 0.710. The third-order valence-electron chi connectivity index (χ3n) is 5.00. The normalized spacial score (nSPS) is 19.1. The molecule has 10 heteroatoms. The van der Waals surface area contributed by atoms with Gasteiger partial charge in [0, 0.05) is 24.1 Å². The number of aromatic hydroxyl groups is 1. The van der Waals surface area contributed by atoms with Gasteiger partial charge in [-0.15, -0.1) is 0 Å². The van der Waals surface area contributed by atoms with E-state index >= 15 is 0 Å². The molecule has 1 aliphatic rings. The monoisotopic (exact) mass is 439 g/mol. The summed E-state index contributed by atoms with van der Waals surface area (Å²) in [7, 11) is 1.13. The zero-order valence-corrected chi connectivity index (χ0v) is 17.3. The van der Waals surface area contributed by atoms with Gasteiger partial charge in [0.15, 0.2) is 5.69 Å². The number of carbonyl (C=O) groups is 2. The summed E-state index contributed by atoms with van der Waals surface area (Å²) in [6, 6.07) is 4.66. The molecule has 1 amide bonds. The Balaban J connectivity index is 1.94. The highest BCUT2D eigenvalue weighted by molar-refractivity contribution is 6.42. The topological polar surface area (TPSA) is 113 Å². The number of benzene rings is 1. The molecule has 1 fully saturated rings. The maximum Gasteiger partial charge on any atom is 0.360 e. The molecule has 0 saturated carbocycles. The van der Waals surface area contributed by atoms with Crippen LogP contribution in [-0.2, 0) is 10.2 Å². The molecule has 3 rings (SSSR count). The molecule has 1 unspecified atom stereocenters. The first-order valence-corrected chi connectivity index (χ1v) is 9.58. The fraction of sp³-hybridized carbons (Fsp3) is 0.368. The summed E-state index contributed by atoms with van der Waals surface area (Å²) in [4.78, 5) is 45.2. The van der Waals surface area contributed by atoms with Crippen molar-refractivity contribution >= 4 is 35.1 Å². The van der Waals surface area contributed by atoms with E-state index < -0.39 is 28.4 Å². The molecule has 1 saturated heterocycles. The molecule has 8 nitrogen and oxygen atoms in total. The number of aromatic amines is 1. The molecule has 1 aliphatic heterocycles. The maximum absolute atomic E-state index is 12.9. The van der Waals surface area contributed by atoms with Gasteiger partial charge in [0.25, 0.3) is 11.5 Å². The summed E-state index contributed by atoms with van der Waals surface area (Å²) < 4.78 is 4.58. The highest BCUT2D eigenvalue weighted by atomic mass is 35.5. The fourth-order valence-corrected chi connectivity index (χ4v) is 3.71. The SMILES string of the molecule is COC(=O)c1nc(C2(C)CCCN(C(=O)c3ccc(Cl)c(Cl)c3)C2)[nH]c(=O)c1O. The first-order valence-electron chi connectivity index (χ1n) is 8.82. The summed E-state index contributed by atoms with van der Waals surface area (Å²) >= 11 is 11.9. The lowest BCUT2D eigenvalue weighted by molar-refractivity contribution is 0.0581. The molecule has 1 atom stereocenters. The number of methoxy groups -OCH3 is 1. The lowest BCUT2D eigenvalue weighted by Crippen LogP contribution is -2.48. The van der Waals surface area contributed by atoms with Crippen LogP contribution in [0.5, 0.6) is 5.75 Å². The number of piperidine rings is 1. The Hall–Kier alpha value is -2.58. The van der Waals surface area contributed by atoms with Crippen LogP contribution < -0.4 is 5.56 Å². The highest BCUT2D eigenvalue weighted by Crippen LogP contribution is 2.33. The van der Waals surface area contributed by atoms with E-state index in [0.29, 0.717) is 30.0 Å². The van der Waals surface area contributed by atoms with Crippen molar-refractivity contribution in [3.05, 3.63) is 55.7 Å². The Morgan fingerprint density at radius 1 is 1.31 bits per heavy atom. The minimum Gasteiger partial charge on any atom is -0.501 e. The second kappa shape index (κ2) is 8.04. The van der Waals surface area contributed by atoms with Crippen molar-refractivity contribution in [3.63, 3.8) is 0 Å². The highest BCUT2D eigenvalue weighted by Gasteiger charge is 2.38. The second-order valence-electron chi connectivity index (χ2n) is 7.12. The van der Waals surface area contributed by atoms with Gasteiger partial charge in [0.1, 0.15) is 5.82 Å². The molecule has 1 aromatic heterocycles. The third kappa shape index (κ3) is 4.09. The minimum atomic E-state index is -0.919. The molecule has 2 aromatic rings. The van der Waals surface area contributed by atoms with E-state index in [2.05, 4.69) is 14.7 Å². The van der Waals surface area contributed by atoms with Gasteiger partial charge in [-0.2, -0.15) is 0 Å². The van der Waals surface area contributed by atoms with Crippen molar-refractivity contribution in [1.29, 1.82) is 0 Å². The van der Waals surface area contributed by atoms with Crippen LogP contribution in [0.4, 0.5) is 0 Å². The van der Waals surface area contributed by atoms with Gasteiger partial charge in [-0.05, 0) is 31.0 Å². The fourth-order valence-electron chi connectivity index (χ4n) is 3.41. The standard InChI is InChI=1S/C19H19Cl2N3O5/c1-19(18-22-13(17(28)29-2)14(25)15(26)23-18)6-3-7-24(9-19)16(27)10-4-5-11(20)12(21)8-10/h4-5,8,25H,3,6-7,9H2,1-2H3,(H,22,23,26). The predicted molar refractivity (Wildman–Crippen MR) is 107 cm³/mol. The van der Waals surface area contributed by atoms with Crippen LogP contribution >= 0.6 is 23.2 Å². The van der Waals surface area contributed by atoms with Crippen molar-refractivity contribution in [3.8, 4) is 5.75 Å². The number of likely N-dealkylation sites (tertiary alicyclic amines) is 1. The largest absolute Gasteiger partial charge is 0.501 e. The van der Waals surface area contributed by atoms with Crippen LogP contribution in [0.25, 0.3) is 0 Å². The average Bonchev–Trinajstić information content (AvgIpc) is 2.70. The van der Waals surface area contributed by atoms with E-state index in [1.54, 1.807) is 17.0 Å². The number of H-pyrrole nitrogens is 1. The molecular formula is C19H19Cl2N3O5. The van der Waals surface area contributed by atoms with E-state index in [4.69, 9.17) is 23.2 Å². The number of esters is 1. The van der Waals surface area contributed by atoms with E-state index in [1.807, 2.05) is 6.92 Å². The van der Waals surface area contributed by atoms with Gasteiger partial charge >= 0.3 is 5.97 Å². The second-order valence-corrected chi connectivity index (χ2v) is 7.94. The molecule has 0 spiro atoms. The molecular weight excluding hydrogens is 421 g/mol. The molecule has 1 aromatic carbocycles. The summed E-state index contributed by atoms with van der Waals surface area (Å²) in [6.07, 6.45) is 1.27. The number of amides is 1. The maximum atomic E-state index is 12.9. The summed E-state index contributed by atoms with van der Waals surface area (Å²) in [5, 5.41) is 10.5. The van der Waals surface area contributed by atoms with Crippen LogP contribution in [0.15, 0.2) is 23.0 Å². The van der Waals surface area contributed by atoms with E-state index in [9.17, 15) is 19.5 Å². The predicted octanol–water partition coefficient (Wildman–Crippen LogP) is 2.76. The Bertz CT molecular complexity index is 1040. The van der Waals surface area contributed by atoms with Gasteiger partial charge in [-0.3, -0.25) is 9.59 Å². The number of carbonyl (C=O) groups excluding carboxylic acids is 2. The van der Waals surface area contributed by atoms with Crippen LogP contribution in [0.1, 0.15) is 46.4 Å². The molecule has 29 heavy (non-hydrogen) atoms. The van der Waals surface area contributed by atoms with Crippen LogP contribution in [0.2, 0.25) is 10.0 Å². The molecule has 2 N–H and O–H groups in total. The zero-order valence-electron chi connectivity index (χ0n) is 15.8. The van der Waals surface area contributed by atoms with Gasteiger partial charge in [-0.1, -0.05) is 30.1 Å². The Morgan fingerprint density at radius 2 is 2.03 bits per heavy atom. The first kappa shape index (κ1) is 21.1. The third-order valence-corrected chi connectivity index (χ3v) is 5.73. The van der Waals surface area contributed by atoms with Gasteiger partial charge in [0.2, 0.25) is 5.75 Å². The Kier molecular flexibility index (Phi) is 5.86. The van der Waals surface area contributed by atoms with Crippen molar-refractivity contribution < 1.29 is 19.4 Å². The van der Waals surface area contributed by atoms with Crippen molar-refractivity contribution in [1.82, 2.24) is 14.9 Å². The minimum absolute atomic E-state index is 0.201. The van der Waals surface area contributed by atoms with E-state index in [0.717, 1.165) is 7.11 Å². The molecule has 0 radical (unpaired) electrons. The number of aromatic nitrogens is 2. The van der Waals surface area contributed by atoms with Gasteiger partial charge < -0.3 is 19.7 Å². The lowest BCUT2D eigenvalue weighted by Gasteiger charge is -2.39. The van der Waals surface area contributed by atoms with Crippen molar-refractivity contribution in [2.24, 2.45) is 0 Å². The number of halogens is 2.